The van der Waals surface area contributed by atoms with Crippen molar-refractivity contribution < 1.29 is 22.4 Å². The number of benzene rings is 1. The highest BCUT2D eigenvalue weighted by molar-refractivity contribution is 5.94. The maximum absolute atomic E-state index is 12.9. The predicted molar refractivity (Wildman–Crippen MR) is 81.0 cm³/mol. The molecule has 1 saturated carbocycles. The van der Waals surface area contributed by atoms with Crippen LogP contribution in [0.25, 0.3) is 0 Å². The predicted octanol–water partition coefficient (Wildman–Crippen LogP) is 3.57. The highest BCUT2D eigenvalue weighted by Crippen LogP contribution is 2.43. The number of hydrogen-bond donors (Lipinski definition) is 2. The van der Waals surface area contributed by atoms with Crippen LogP contribution in [0.3, 0.4) is 0 Å². The Morgan fingerprint density at radius 1 is 1.29 bits per heavy atom. The van der Waals surface area contributed by atoms with Gasteiger partial charge in [0, 0.05) is 0 Å². The molecule has 1 fully saturated rings. The molecule has 0 atom stereocenters. The molecule has 7 heteroatoms. The monoisotopic (exact) mass is 338 g/mol. The number of rotatable bonds is 4. The fourth-order valence-electron chi connectivity index (χ4n) is 2.91. The second-order valence-corrected chi connectivity index (χ2v) is 5.97. The third kappa shape index (κ3) is 3.03. The largest absolute Gasteiger partial charge is 0.467 e. The molecule has 3 N–H and O–H groups in total. The van der Waals surface area contributed by atoms with E-state index in [9.17, 15) is 18.0 Å². The number of carbonyl (C=O) groups excluding carboxylic acids is 1. The van der Waals surface area contributed by atoms with Gasteiger partial charge in [0.1, 0.15) is 12.0 Å². The smallest absolute Gasteiger partial charge is 0.416 e. The third-order valence-corrected chi connectivity index (χ3v) is 4.42. The summed E-state index contributed by atoms with van der Waals surface area (Å²) in [6, 6.07) is 6.67. The minimum Gasteiger partial charge on any atom is -0.467 e. The van der Waals surface area contributed by atoms with Crippen LogP contribution >= 0.6 is 0 Å². The number of amides is 1. The Balaban J connectivity index is 1.86. The van der Waals surface area contributed by atoms with Crippen molar-refractivity contribution in [3.8, 4) is 0 Å². The zero-order valence-electron chi connectivity index (χ0n) is 12.8. The fraction of sp³-hybridized carbons (Fsp3) is 0.353. The molecule has 0 bridgehead atoms. The van der Waals surface area contributed by atoms with Crippen LogP contribution < -0.4 is 11.1 Å². The van der Waals surface area contributed by atoms with Gasteiger partial charge in [-0.1, -0.05) is 12.1 Å². The minimum atomic E-state index is -4.41. The van der Waals surface area contributed by atoms with Gasteiger partial charge in [-0.05, 0) is 43.0 Å². The lowest BCUT2D eigenvalue weighted by Crippen LogP contribution is -2.50. The maximum Gasteiger partial charge on any atom is 0.416 e. The Kier molecular flexibility index (Phi) is 4.13. The number of nitrogens with one attached hydrogen (secondary N) is 1. The first-order valence-corrected chi connectivity index (χ1v) is 7.62. The van der Waals surface area contributed by atoms with E-state index in [4.69, 9.17) is 10.2 Å². The van der Waals surface area contributed by atoms with Gasteiger partial charge in [0.15, 0.2) is 0 Å². The number of hydrogen-bond acceptors (Lipinski definition) is 3. The lowest BCUT2D eigenvalue weighted by Gasteiger charge is -2.43. The molecule has 1 aliphatic rings. The molecule has 1 aliphatic carbocycles. The van der Waals surface area contributed by atoms with Crippen molar-refractivity contribution in [2.45, 2.75) is 37.5 Å². The zero-order chi connectivity index (χ0) is 17.4. The van der Waals surface area contributed by atoms with Crippen molar-refractivity contribution in [1.29, 1.82) is 0 Å². The van der Waals surface area contributed by atoms with Gasteiger partial charge in [-0.3, -0.25) is 4.79 Å². The summed E-state index contributed by atoms with van der Waals surface area (Å²) in [4.78, 5) is 12.4. The van der Waals surface area contributed by atoms with Crippen molar-refractivity contribution in [1.82, 2.24) is 5.32 Å². The van der Waals surface area contributed by atoms with Gasteiger partial charge < -0.3 is 15.5 Å². The maximum atomic E-state index is 12.9. The molecule has 3 rings (SSSR count). The van der Waals surface area contributed by atoms with Gasteiger partial charge in [0.25, 0.3) is 5.91 Å². The highest BCUT2D eigenvalue weighted by atomic mass is 19.4. The van der Waals surface area contributed by atoms with Crippen LogP contribution in [0.15, 0.2) is 41.0 Å². The van der Waals surface area contributed by atoms with Crippen molar-refractivity contribution in [3.05, 3.63) is 59.0 Å². The Hall–Kier alpha value is -2.28. The summed E-state index contributed by atoms with van der Waals surface area (Å²) in [6.07, 6.45) is -1.07. The second kappa shape index (κ2) is 5.98. The van der Waals surface area contributed by atoms with Crippen LogP contribution in [0.1, 0.15) is 46.5 Å². The summed E-state index contributed by atoms with van der Waals surface area (Å²) >= 11 is 0. The first-order valence-electron chi connectivity index (χ1n) is 7.62. The lowest BCUT2D eigenvalue weighted by molar-refractivity contribution is -0.137. The molecular weight excluding hydrogens is 321 g/mol. The molecule has 4 nitrogen and oxygen atoms in total. The van der Waals surface area contributed by atoms with Crippen LogP contribution in [0.2, 0.25) is 0 Å². The molecule has 1 amide bonds. The minimum absolute atomic E-state index is 0.173. The summed E-state index contributed by atoms with van der Waals surface area (Å²) in [7, 11) is 0. The molecule has 0 spiro atoms. The summed E-state index contributed by atoms with van der Waals surface area (Å²) in [5.74, 6) is 0.0949. The summed E-state index contributed by atoms with van der Waals surface area (Å²) in [5, 5.41) is 2.87. The number of alkyl halides is 3. The van der Waals surface area contributed by atoms with E-state index in [0.29, 0.717) is 29.7 Å². The zero-order valence-corrected chi connectivity index (χ0v) is 12.8. The summed E-state index contributed by atoms with van der Waals surface area (Å²) in [5.41, 5.74) is 4.75. The molecule has 2 aromatic rings. The van der Waals surface area contributed by atoms with E-state index in [1.807, 2.05) is 0 Å². The van der Waals surface area contributed by atoms with Crippen LogP contribution in [-0.4, -0.2) is 5.91 Å². The van der Waals surface area contributed by atoms with Gasteiger partial charge in [0.2, 0.25) is 0 Å². The molecule has 1 aromatic heterocycles. The van der Waals surface area contributed by atoms with Crippen LogP contribution in [-0.2, 0) is 18.3 Å². The number of carbonyl (C=O) groups is 1. The number of halogens is 3. The SMILES string of the molecule is NCc1cc(C(=O)NC2(c3cccc(C(F)(F)F)c3)CCC2)co1. The van der Waals surface area contributed by atoms with E-state index in [1.54, 1.807) is 6.07 Å². The normalized spacial score (nSPS) is 16.5. The Morgan fingerprint density at radius 2 is 2.04 bits per heavy atom. The third-order valence-electron chi connectivity index (χ3n) is 4.42. The van der Waals surface area contributed by atoms with E-state index >= 15 is 0 Å². The van der Waals surface area contributed by atoms with Crippen LogP contribution in [0, 0.1) is 0 Å². The molecule has 0 unspecified atom stereocenters. The molecular formula is C17H17F3N2O2. The van der Waals surface area contributed by atoms with E-state index in [0.717, 1.165) is 18.6 Å². The van der Waals surface area contributed by atoms with Gasteiger partial charge in [-0.2, -0.15) is 13.2 Å². The van der Waals surface area contributed by atoms with E-state index < -0.39 is 17.3 Å². The molecule has 0 radical (unpaired) electrons. The molecule has 1 aromatic carbocycles. The Labute approximate surface area is 136 Å². The molecule has 0 aliphatic heterocycles. The standard InChI is InChI=1S/C17H17F3N2O2/c18-17(19,20)13-4-1-3-12(8-13)16(5-2-6-16)22-15(23)11-7-14(9-21)24-10-11/h1,3-4,7-8,10H,2,5-6,9,21H2,(H,22,23). The van der Waals surface area contributed by atoms with Crippen molar-refractivity contribution in [2.75, 3.05) is 0 Å². The second-order valence-electron chi connectivity index (χ2n) is 5.97. The average molecular weight is 338 g/mol. The van der Waals surface area contributed by atoms with Crippen molar-refractivity contribution in [2.24, 2.45) is 5.73 Å². The first-order chi connectivity index (χ1) is 11.3. The fourth-order valence-corrected chi connectivity index (χ4v) is 2.91. The van der Waals surface area contributed by atoms with Gasteiger partial charge in [-0.15, -0.1) is 0 Å². The Bertz CT molecular complexity index is 748. The molecule has 128 valence electrons. The van der Waals surface area contributed by atoms with Crippen LogP contribution in [0.5, 0.6) is 0 Å². The molecule has 0 saturated heterocycles. The number of furan rings is 1. The van der Waals surface area contributed by atoms with E-state index in [2.05, 4.69) is 5.32 Å². The molecule has 24 heavy (non-hydrogen) atoms. The summed E-state index contributed by atoms with van der Waals surface area (Å²) < 4.78 is 43.9. The first kappa shape index (κ1) is 16.6. The topological polar surface area (TPSA) is 68.3 Å². The van der Waals surface area contributed by atoms with Crippen LogP contribution in [0.4, 0.5) is 13.2 Å². The van der Waals surface area contributed by atoms with Gasteiger partial charge in [0.05, 0.1) is 23.2 Å². The lowest BCUT2D eigenvalue weighted by atomic mass is 9.71. The molecule has 1 heterocycles. The van der Waals surface area contributed by atoms with E-state index in [1.165, 1.54) is 18.4 Å². The van der Waals surface area contributed by atoms with E-state index in [-0.39, 0.29) is 12.5 Å². The Morgan fingerprint density at radius 3 is 2.58 bits per heavy atom. The quantitative estimate of drug-likeness (QED) is 0.895. The van der Waals surface area contributed by atoms with Crippen molar-refractivity contribution in [3.63, 3.8) is 0 Å². The van der Waals surface area contributed by atoms with Crippen molar-refractivity contribution >= 4 is 5.91 Å². The average Bonchev–Trinajstić information content (AvgIpc) is 2.99. The van der Waals surface area contributed by atoms with Gasteiger partial charge in [-0.25, -0.2) is 0 Å². The number of nitrogens with two attached hydrogens (primary N) is 1. The van der Waals surface area contributed by atoms with Gasteiger partial charge >= 0.3 is 6.18 Å². The highest BCUT2D eigenvalue weighted by Gasteiger charge is 2.41. The summed E-state index contributed by atoms with van der Waals surface area (Å²) in [6.45, 7) is 0.173.